The molecule has 0 aromatic rings. The van der Waals surface area contributed by atoms with E-state index in [1.54, 1.807) is 6.92 Å². The van der Waals surface area contributed by atoms with Gasteiger partial charge in [0.15, 0.2) is 0 Å². The molecule has 0 amide bonds. The maximum atomic E-state index is 13.0. The zero-order valence-corrected chi connectivity index (χ0v) is 22.3. The Labute approximate surface area is 201 Å². The van der Waals surface area contributed by atoms with Gasteiger partial charge in [-0.2, -0.15) is 0 Å². The zero-order valence-electron chi connectivity index (χ0n) is 22.3. The second-order valence-corrected chi connectivity index (χ2v) is 14.7. The Morgan fingerprint density at radius 2 is 1.52 bits per heavy atom. The van der Waals surface area contributed by atoms with Crippen LogP contribution in [-0.4, -0.2) is 16.9 Å². The predicted octanol–water partition coefficient (Wildman–Crippen LogP) is 7.38. The number of carbonyl (C=O) groups excluding carboxylic acids is 1. The molecule has 0 saturated heterocycles. The van der Waals surface area contributed by atoms with Crippen LogP contribution < -0.4 is 0 Å². The molecule has 0 heterocycles. The summed E-state index contributed by atoms with van der Waals surface area (Å²) < 4.78 is 0. The monoisotopic (exact) mass is 456 g/mol. The van der Waals surface area contributed by atoms with Crippen LogP contribution in [0, 0.1) is 62.6 Å². The van der Waals surface area contributed by atoms with Crippen LogP contribution >= 0.6 is 0 Å². The number of carbonyl (C=O) groups is 2. The molecule has 5 aliphatic carbocycles. The molecule has 186 valence electrons. The van der Waals surface area contributed by atoms with Gasteiger partial charge in [0.2, 0.25) is 0 Å². The number of aliphatic carboxylic acids is 1. The Kier molecular flexibility index (Phi) is 5.13. The lowest BCUT2D eigenvalue weighted by molar-refractivity contribution is -0.246. The molecule has 1 N–H and O–H groups in total. The lowest BCUT2D eigenvalue weighted by atomic mass is 9.31. The highest BCUT2D eigenvalue weighted by Gasteiger charge is 2.71. The smallest absolute Gasteiger partial charge is 0.317 e. The molecule has 5 aliphatic rings. The number of hydrogen-bond acceptors (Lipinski definition) is 2. The molecular formula is C30H48O3. The number of ketones is 1. The number of rotatable bonds is 1. The van der Waals surface area contributed by atoms with Crippen LogP contribution in [0.2, 0.25) is 0 Å². The highest BCUT2D eigenvalue weighted by atomic mass is 16.4. The van der Waals surface area contributed by atoms with Gasteiger partial charge in [0.05, 0.1) is 0 Å². The SMILES string of the molecule is C[C@@H]1[C@@H]2[C@H]3CC[C@@H]4[C@@]5(C)CCC(=O)C(C)(C(=O)O)C5CC[C@@]4(C)[C@]3(C)CC[C@@]2(C)CC[C@H]1C. The highest BCUT2D eigenvalue weighted by molar-refractivity contribution is 6.03. The third-order valence-electron chi connectivity index (χ3n) is 13.9. The predicted molar refractivity (Wildman–Crippen MR) is 132 cm³/mol. The molecule has 0 bridgehead atoms. The molecule has 5 fully saturated rings. The number of hydrogen-bond donors (Lipinski definition) is 1. The second kappa shape index (κ2) is 7.10. The first kappa shape index (κ1) is 23.9. The average Bonchev–Trinajstić information content (AvgIpc) is 2.75. The molecule has 0 radical (unpaired) electrons. The molecule has 33 heavy (non-hydrogen) atoms. The molecule has 5 rings (SSSR count). The minimum atomic E-state index is -1.20. The van der Waals surface area contributed by atoms with Crippen molar-refractivity contribution in [2.45, 2.75) is 113 Å². The van der Waals surface area contributed by atoms with E-state index in [0.717, 1.165) is 42.9 Å². The van der Waals surface area contributed by atoms with Gasteiger partial charge in [-0.05, 0) is 122 Å². The summed E-state index contributed by atoms with van der Waals surface area (Å²) in [5, 5.41) is 10.2. The van der Waals surface area contributed by atoms with Crippen molar-refractivity contribution in [3.63, 3.8) is 0 Å². The Hall–Kier alpha value is -0.860. The number of fused-ring (bicyclic) bond motifs is 7. The maximum Gasteiger partial charge on any atom is 0.317 e. The van der Waals surface area contributed by atoms with E-state index in [1.807, 2.05) is 0 Å². The van der Waals surface area contributed by atoms with Gasteiger partial charge in [-0.25, -0.2) is 0 Å². The van der Waals surface area contributed by atoms with Crippen molar-refractivity contribution >= 4 is 11.8 Å². The van der Waals surface area contributed by atoms with Crippen molar-refractivity contribution in [3.8, 4) is 0 Å². The summed E-state index contributed by atoms with van der Waals surface area (Å²) in [6.45, 7) is 17.0. The van der Waals surface area contributed by atoms with Gasteiger partial charge in [0, 0.05) is 6.42 Å². The summed E-state index contributed by atoms with van der Waals surface area (Å²) in [7, 11) is 0. The minimum Gasteiger partial charge on any atom is -0.480 e. The first-order valence-electron chi connectivity index (χ1n) is 14.0. The molecule has 0 aromatic heterocycles. The quantitative estimate of drug-likeness (QED) is 0.419. The topological polar surface area (TPSA) is 54.4 Å². The molecule has 11 atom stereocenters. The van der Waals surface area contributed by atoms with E-state index >= 15 is 0 Å². The first-order chi connectivity index (χ1) is 15.3. The Morgan fingerprint density at radius 1 is 0.818 bits per heavy atom. The largest absolute Gasteiger partial charge is 0.480 e. The highest BCUT2D eigenvalue weighted by Crippen LogP contribution is 2.76. The van der Waals surface area contributed by atoms with Gasteiger partial charge in [-0.3, -0.25) is 9.59 Å². The molecule has 5 saturated carbocycles. The van der Waals surface area contributed by atoms with Gasteiger partial charge in [0.1, 0.15) is 11.2 Å². The Balaban J connectivity index is 1.55. The van der Waals surface area contributed by atoms with E-state index in [9.17, 15) is 14.7 Å². The van der Waals surface area contributed by atoms with Gasteiger partial charge in [-0.1, -0.05) is 41.5 Å². The van der Waals surface area contributed by atoms with Crippen molar-refractivity contribution in [1.29, 1.82) is 0 Å². The van der Waals surface area contributed by atoms with Gasteiger partial charge >= 0.3 is 5.97 Å². The van der Waals surface area contributed by atoms with Crippen molar-refractivity contribution in [2.75, 3.05) is 0 Å². The molecule has 2 unspecified atom stereocenters. The molecule has 3 nitrogen and oxygen atoms in total. The van der Waals surface area contributed by atoms with E-state index in [1.165, 1.54) is 38.5 Å². The summed E-state index contributed by atoms with van der Waals surface area (Å²) in [6.07, 6.45) is 11.3. The standard InChI is InChI=1S/C30H48O3/c1-18-10-13-26(3)16-17-28(5)20(24(26)19(18)2)8-9-21-27(4)14-12-23(31)30(7,25(32)33)22(27)11-15-29(21,28)6/h18-22,24H,8-17H2,1-7H3,(H,32,33)/t18-,19+,20-,21-,22?,24-,26-,27-,28-,29-,30?/m1/s1. The fourth-order valence-corrected chi connectivity index (χ4v) is 11.5. The van der Waals surface area contributed by atoms with Crippen LogP contribution in [-0.2, 0) is 9.59 Å². The zero-order chi connectivity index (χ0) is 24.2. The molecule has 0 aliphatic heterocycles. The number of Topliss-reactive ketones (excluding diaryl/α,β-unsaturated/α-hetero) is 1. The van der Waals surface area contributed by atoms with Crippen molar-refractivity contribution in [2.24, 2.45) is 62.6 Å². The lowest BCUT2D eigenvalue weighted by Gasteiger charge is -2.73. The number of carboxylic acids is 1. The van der Waals surface area contributed by atoms with Crippen LogP contribution in [0.15, 0.2) is 0 Å². The average molecular weight is 457 g/mol. The molecule has 0 aromatic carbocycles. The summed E-state index contributed by atoms with van der Waals surface area (Å²) in [4.78, 5) is 25.4. The van der Waals surface area contributed by atoms with Crippen LogP contribution in [0.4, 0.5) is 0 Å². The number of carboxylic acid groups (broad SMARTS) is 1. The summed E-state index contributed by atoms with van der Waals surface area (Å²) >= 11 is 0. The fraction of sp³-hybridized carbons (Fsp3) is 0.933. The van der Waals surface area contributed by atoms with Gasteiger partial charge in [0.25, 0.3) is 0 Å². The summed E-state index contributed by atoms with van der Waals surface area (Å²) in [5.41, 5.74) is -0.193. The van der Waals surface area contributed by atoms with Crippen molar-refractivity contribution in [1.82, 2.24) is 0 Å². The molecular weight excluding hydrogens is 408 g/mol. The molecule has 0 spiro atoms. The maximum absolute atomic E-state index is 13.0. The van der Waals surface area contributed by atoms with Gasteiger partial charge < -0.3 is 5.11 Å². The van der Waals surface area contributed by atoms with E-state index in [4.69, 9.17) is 0 Å². The first-order valence-corrected chi connectivity index (χ1v) is 14.0. The van der Waals surface area contributed by atoms with Crippen molar-refractivity contribution < 1.29 is 14.7 Å². The Morgan fingerprint density at radius 3 is 2.18 bits per heavy atom. The minimum absolute atomic E-state index is 0.0237. The van der Waals surface area contributed by atoms with Gasteiger partial charge in [-0.15, -0.1) is 0 Å². The fourth-order valence-electron chi connectivity index (χ4n) is 11.5. The van der Waals surface area contributed by atoms with E-state index in [-0.39, 0.29) is 22.5 Å². The molecule has 3 heteroatoms. The lowest BCUT2D eigenvalue weighted by Crippen LogP contribution is -2.68. The van der Waals surface area contributed by atoms with Crippen LogP contribution in [0.3, 0.4) is 0 Å². The Bertz CT molecular complexity index is 865. The van der Waals surface area contributed by atoms with Crippen LogP contribution in [0.1, 0.15) is 113 Å². The van der Waals surface area contributed by atoms with Crippen LogP contribution in [0.5, 0.6) is 0 Å². The third kappa shape index (κ3) is 2.75. The van der Waals surface area contributed by atoms with Crippen LogP contribution in [0.25, 0.3) is 0 Å². The summed E-state index contributed by atoms with van der Waals surface area (Å²) in [6, 6.07) is 0. The van der Waals surface area contributed by atoms with Crippen molar-refractivity contribution in [3.05, 3.63) is 0 Å². The third-order valence-corrected chi connectivity index (χ3v) is 13.9. The van der Waals surface area contributed by atoms with E-state index in [2.05, 4.69) is 41.5 Å². The van der Waals surface area contributed by atoms with E-state index < -0.39 is 11.4 Å². The van der Waals surface area contributed by atoms with E-state index in [0.29, 0.717) is 23.2 Å². The normalized spacial score (nSPS) is 58.5. The second-order valence-electron chi connectivity index (χ2n) is 14.7. The summed E-state index contributed by atoms with van der Waals surface area (Å²) in [5.74, 6) is 2.81.